The molecule has 0 amide bonds. The standard InChI is InChI=1S/C20H25N3OS/c1-15-14-23(9-10-24-15)19(20-6-3-11-25-20)13-21-12-16-4-2-5-18-17(16)7-8-22-18/h2-8,11,15,19,21-22H,9-10,12-14H2,1H3. The molecular weight excluding hydrogens is 330 g/mol. The minimum atomic E-state index is 0.310. The Morgan fingerprint density at radius 2 is 2.28 bits per heavy atom. The van der Waals surface area contributed by atoms with Gasteiger partial charge in [0.1, 0.15) is 0 Å². The third kappa shape index (κ3) is 3.80. The van der Waals surface area contributed by atoms with Gasteiger partial charge in [0.2, 0.25) is 0 Å². The molecule has 0 aliphatic carbocycles. The number of benzene rings is 1. The molecule has 3 heterocycles. The maximum Gasteiger partial charge on any atom is 0.0674 e. The van der Waals surface area contributed by atoms with Gasteiger partial charge in [-0.3, -0.25) is 4.90 Å². The van der Waals surface area contributed by atoms with Crippen molar-refractivity contribution < 1.29 is 4.74 Å². The first-order valence-electron chi connectivity index (χ1n) is 8.96. The number of thiophene rings is 1. The molecule has 1 saturated heterocycles. The fourth-order valence-electron chi connectivity index (χ4n) is 3.67. The molecule has 2 N–H and O–H groups in total. The molecule has 0 radical (unpaired) electrons. The molecule has 5 heteroatoms. The van der Waals surface area contributed by atoms with Gasteiger partial charge >= 0.3 is 0 Å². The largest absolute Gasteiger partial charge is 0.376 e. The third-order valence-electron chi connectivity index (χ3n) is 4.92. The Balaban J connectivity index is 1.45. The highest BCUT2D eigenvalue weighted by Gasteiger charge is 2.26. The molecule has 2 atom stereocenters. The second kappa shape index (κ2) is 7.70. The van der Waals surface area contributed by atoms with E-state index in [9.17, 15) is 0 Å². The van der Waals surface area contributed by atoms with Gasteiger partial charge in [-0.05, 0) is 36.1 Å². The zero-order chi connectivity index (χ0) is 17.1. The minimum absolute atomic E-state index is 0.310. The van der Waals surface area contributed by atoms with Gasteiger partial charge in [-0.25, -0.2) is 0 Å². The number of fused-ring (bicyclic) bond motifs is 1. The van der Waals surface area contributed by atoms with Crippen molar-refractivity contribution in [3.63, 3.8) is 0 Å². The van der Waals surface area contributed by atoms with E-state index in [1.54, 1.807) is 0 Å². The van der Waals surface area contributed by atoms with E-state index in [1.165, 1.54) is 21.3 Å². The summed E-state index contributed by atoms with van der Waals surface area (Å²) in [6, 6.07) is 13.4. The monoisotopic (exact) mass is 355 g/mol. The van der Waals surface area contributed by atoms with Gasteiger partial charge in [0.25, 0.3) is 0 Å². The number of nitrogens with zero attached hydrogens (tertiary/aromatic N) is 1. The normalized spacial score (nSPS) is 20.1. The first-order chi connectivity index (χ1) is 12.3. The predicted octanol–water partition coefficient (Wildman–Crippen LogP) is 3.78. The number of rotatable bonds is 6. The summed E-state index contributed by atoms with van der Waals surface area (Å²) in [5.41, 5.74) is 2.55. The van der Waals surface area contributed by atoms with Crippen LogP contribution in [0.2, 0.25) is 0 Å². The maximum atomic E-state index is 5.73. The lowest BCUT2D eigenvalue weighted by Crippen LogP contribution is -2.45. The van der Waals surface area contributed by atoms with Crippen molar-refractivity contribution in [2.45, 2.75) is 25.6 Å². The lowest BCUT2D eigenvalue weighted by atomic mass is 10.1. The average Bonchev–Trinajstić information content (AvgIpc) is 3.30. The SMILES string of the molecule is CC1CN(C(CNCc2cccc3[nH]ccc23)c2cccs2)CCO1. The van der Waals surface area contributed by atoms with E-state index in [-0.39, 0.29) is 0 Å². The third-order valence-corrected chi connectivity index (χ3v) is 5.90. The van der Waals surface area contributed by atoms with E-state index in [2.05, 4.69) is 63.9 Å². The summed E-state index contributed by atoms with van der Waals surface area (Å²) in [5, 5.41) is 7.18. The van der Waals surface area contributed by atoms with Gasteiger partial charge in [0.05, 0.1) is 18.8 Å². The molecule has 1 aromatic carbocycles. The van der Waals surface area contributed by atoms with Crippen LogP contribution in [0.3, 0.4) is 0 Å². The summed E-state index contributed by atoms with van der Waals surface area (Å²) >= 11 is 1.85. The van der Waals surface area contributed by atoms with Crippen LogP contribution in [0.5, 0.6) is 0 Å². The van der Waals surface area contributed by atoms with Crippen LogP contribution >= 0.6 is 11.3 Å². The van der Waals surface area contributed by atoms with Gasteiger partial charge in [-0.2, -0.15) is 0 Å². The number of hydrogen-bond donors (Lipinski definition) is 2. The molecule has 3 aromatic rings. The zero-order valence-corrected chi connectivity index (χ0v) is 15.4. The molecule has 0 spiro atoms. The van der Waals surface area contributed by atoms with Crippen molar-refractivity contribution in [2.75, 3.05) is 26.2 Å². The summed E-state index contributed by atoms with van der Waals surface area (Å²) in [4.78, 5) is 7.28. The van der Waals surface area contributed by atoms with Crippen molar-refractivity contribution in [3.05, 3.63) is 58.4 Å². The molecule has 1 fully saturated rings. The highest BCUT2D eigenvalue weighted by atomic mass is 32.1. The molecule has 25 heavy (non-hydrogen) atoms. The topological polar surface area (TPSA) is 40.3 Å². The summed E-state index contributed by atoms with van der Waals surface area (Å²) in [6.45, 7) is 6.83. The number of hydrogen-bond acceptors (Lipinski definition) is 4. The van der Waals surface area contributed by atoms with E-state index in [0.717, 1.165) is 32.8 Å². The Hall–Kier alpha value is -1.66. The van der Waals surface area contributed by atoms with E-state index in [4.69, 9.17) is 4.74 Å². The average molecular weight is 356 g/mol. The molecule has 132 valence electrons. The van der Waals surface area contributed by atoms with E-state index in [0.29, 0.717) is 12.1 Å². The number of H-pyrrole nitrogens is 1. The van der Waals surface area contributed by atoms with Crippen LogP contribution in [-0.4, -0.2) is 42.2 Å². The second-order valence-electron chi connectivity index (χ2n) is 6.69. The highest BCUT2D eigenvalue weighted by Crippen LogP contribution is 2.26. The first-order valence-corrected chi connectivity index (χ1v) is 9.84. The smallest absolute Gasteiger partial charge is 0.0674 e. The van der Waals surface area contributed by atoms with Crippen LogP contribution in [0, 0.1) is 0 Å². The zero-order valence-electron chi connectivity index (χ0n) is 14.6. The Morgan fingerprint density at radius 1 is 1.32 bits per heavy atom. The second-order valence-corrected chi connectivity index (χ2v) is 7.67. The Morgan fingerprint density at radius 3 is 3.12 bits per heavy atom. The van der Waals surface area contributed by atoms with Crippen molar-refractivity contribution in [1.29, 1.82) is 0 Å². The maximum absolute atomic E-state index is 5.73. The van der Waals surface area contributed by atoms with Crippen molar-refractivity contribution in [3.8, 4) is 0 Å². The molecule has 2 aromatic heterocycles. The summed E-state index contributed by atoms with van der Waals surface area (Å²) < 4.78 is 5.73. The number of aromatic amines is 1. The van der Waals surface area contributed by atoms with Gasteiger partial charge in [-0.15, -0.1) is 11.3 Å². The van der Waals surface area contributed by atoms with Gasteiger partial charge in [0.15, 0.2) is 0 Å². The predicted molar refractivity (Wildman–Crippen MR) is 104 cm³/mol. The molecular formula is C20H25N3OS. The molecule has 2 unspecified atom stereocenters. The lowest BCUT2D eigenvalue weighted by molar-refractivity contribution is -0.0339. The van der Waals surface area contributed by atoms with E-state index in [1.807, 2.05) is 17.5 Å². The number of ether oxygens (including phenoxy) is 1. The highest BCUT2D eigenvalue weighted by molar-refractivity contribution is 7.10. The molecule has 0 bridgehead atoms. The van der Waals surface area contributed by atoms with Gasteiger partial charge in [0, 0.05) is 48.2 Å². The fourth-order valence-corrected chi connectivity index (χ4v) is 4.53. The van der Waals surface area contributed by atoms with Crippen LogP contribution in [0.4, 0.5) is 0 Å². The summed E-state index contributed by atoms with van der Waals surface area (Å²) in [5.74, 6) is 0. The van der Waals surface area contributed by atoms with Crippen LogP contribution in [0.25, 0.3) is 10.9 Å². The number of aromatic nitrogens is 1. The van der Waals surface area contributed by atoms with Gasteiger partial charge in [-0.1, -0.05) is 18.2 Å². The fraction of sp³-hybridized carbons (Fsp3) is 0.400. The van der Waals surface area contributed by atoms with E-state index < -0.39 is 0 Å². The number of nitrogens with one attached hydrogen (secondary N) is 2. The first kappa shape index (κ1) is 16.8. The van der Waals surface area contributed by atoms with Crippen molar-refractivity contribution in [1.82, 2.24) is 15.2 Å². The Labute approximate surface area is 152 Å². The number of morpholine rings is 1. The van der Waals surface area contributed by atoms with Gasteiger partial charge < -0.3 is 15.0 Å². The van der Waals surface area contributed by atoms with Crippen LogP contribution < -0.4 is 5.32 Å². The lowest BCUT2D eigenvalue weighted by Gasteiger charge is -2.37. The van der Waals surface area contributed by atoms with E-state index >= 15 is 0 Å². The quantitative estimate of drug-likeness (QED) is 0.707. The van der Waals surface area contributed by atoms with Crippen molar-refractivity contribution in [2.24, 2.45) is 0 Å². The minimum Gasteiger partial charge on any atom is -0.376 e. The van der Waals surface area contributed by atoms with Crippen LogP contribution in [0.15, 0.2) is 48.0 Å². The molecule has 0 saturated carbocycles. The molecule has 4 rings (SSSR count). The summed E-state index contributed by atoms with van der Waals surface area (Å²) in [6.07, 6.45) is 2.32. The summed E-state index contributed by atoms with van der Waals surface area (Å²) in [7, 11) is 0. The molecule has 1 aliphatic heterocycles. The van der Waals surface area contributed by atoms with Crippen LogP contribution in [-0.2, 0) is 11.3 Å². The van der Waals surface area contributed by atoms with Crippen LogP contribution in [0.1, 0.15) is 23.4 Å². The van der Waals surface area contributed by atoms with Crippen molar-refractivity contribution >= 4 is 22.2 Å². The molecule has 1 aliphatic rings. The molecule has 4 nitrogen and oxygen atoms in total. The Bertz CT molecular complexity index is 798. The Kier molecular flexibility index (Phi) is 5.17.